The lowest BCUT2D eigenvalue weighted by molar-refractivity contribution is -0.121. The van der Waals surface area contributed by atoms with Gasteiger partial charge >= 0.3 is 0 Å². The van der Waals surface area contributed by atoms with Crippen LogP contribution in [0.1, 0.15) is 31.4 Å². The molecule has 0 fully saturated rings. The van der Waals surface area contributed by atoms with Crippen molar-refractivity contribution in [2.75, 3.05) is 17.1 Å². The predicted octanol–water partition coefficient (Wildman–Crippen LogP) is 1.42. The van der Waals surface area contributed by atoms with Gasteiger partial charge in [-0.3, -0.25) is 9.10 Å². The van der Waals surface area contributed by atoms with E-state index in [1.165, 1.54) is 10.6 Å². The summed E-state index contributed by atoms with van der Waals surface area (Å²) in [6.45, 7) is 2.19. The second-order valence-corrected chi connectivity index (χ2v) is 6.56. The molecular formula is C13H18N2O3S. The number of nitrogens with zero attached hydrogens (tertiary/aromatic N) is 1. The number of hydrogen-bond acceptors (Lipinski definition) is 3. The molecule has 0 saturated carbocycles. The van der Waals surface area contributed by atoms with Crippen molar-refractivity contribution in [3.05, 3.63) is 29.8 Å². The van der Waals surface area contributed by atoms with Crippen LogP contribution in [0.4, 0.5) is 5.69 Å². The summed E-state index contributed by atoms with van der Waals surface area (Å²) >= 11 is 0. The molecule has 0 aliphatic carbocycles. The number of carbonyl (C=O) groups excluding carboxylic acids is 1. The first-order valence-electron chi connectivity index (χ1n) is 6.29. The minimum atomic E-state index is -3.28. The molecule has 6 heteroatoms. The van der Waals surface area contributed by atoms with E-state index in [1.807, 2.05) is 12.1 Å². The zero-order valence-electron chi connectivity index (χ0n) is 11.1. The number of nitrogens with one attached hydrogen (secondary N) is 1. The van der Waals surface area contributed by atoms with Crippen molar-refractivity contribution >= 4 is 21.6 Å². The molecule has 0 bridgehead atoms. The van der Waals surface area contributed by atoms with Crippen LogP contribution in [0.25, 0.3) is 0 Å². The smallest absolute Gasteiger partial charge is 0.232 e. The van der Waals surface area contributed by atoms with E-state index in [0.717, 1.165) is 5.56 Å². The molecular weight excluding hydrogens is 264 g/mol. The maximum Gasteiger partial charge on any atom is 0.232 e. The van der Waals surface area contributed by atoms with Crippen LogP contribution in [0, 0.1) is 0 Å². The predicted molar refractivity (Wildman–Crippen MR) is 74.4 cm³/mol. The van der Waals surface area contributed by atoms with Crippen LogP contribution in [0.15, 0.2) is 24.3 Å². The third kappa shape index (κ3) is 2.89. The van der Waals surface area contributed by atoms with Crippen LogP contribution in [0.2, 0.25) is 0 Å². The summed E-state index contributed by atoms with van der Waals surface area (Å²) in [4.78, 5) is 11.5. The number of sulfonamides is 1. The third-order valence-corrected chi connectivity index (χ3v) is 4.44. The number of rotatable bonds is 3. The van der Waals surface area contributed by atoms with Crippen LogP contribution in [0.5, 0.6) is 0 Å². The van der Waals surface area contributed by atoms with E-state index < -0.39 is 10.0 Å². The second-order valence-electron chi connectivity index (χ2n) is 4.66. The first kappa shape index (κ1) is 13.9. The molecule has 1 heterocycles. The summed E-state index contributed by atoms with van der Waals surface area (Å²) in [5, 5.41) is 2.94. The number of para-hydroxylation sites is 1. The fourth-order valence-electron chi connectivity index (χ4n) is 2.32. The highest BCUT2D eigenvalue weighted by molar-refractivity contribution is 7.92. The quantitative estimate of drug-likeness (QED) is 0.912. The van der Waals surface area contributed by atoms with Gasteiger partial charge < -0.3 is 5.32 Å². The van der Waals surface area contributed by atoms with Gasteiger partial charge in [-0.25, -0.2) is 8.42 Å². The van der Waals surface area contributed by atoms with Crippen molar-refractivity contribution in [1.82, 2.24) is 5.32 Å². The fourth-order valence-corrected chi connectivity index (χ4v) is 3.28. The van der Waals surface area contributed by atoms with Crippen molar-refractivity contribution < 1.29 is 13.2 Å². The Morgan fingerprint density at radius 2 is 2.11 bits per heavy atom. The van der Waals surface area contributed by atoms with E-state index in [9.17, 15) is 13.2 Å². The Balaban J connectivity index is 2.37. The van der Waals surface area contributed by atoms with Crippen LogP contribution < -0.4 is 9.62 Å². The average Bonchev–Trinajstić information content (AvgIpc) is 2.37. The van der Waals surface area contributed by atoms with Crippen LogP contribution >= 0.6 is 0 Å². The molecule has 19 heavy (non-hydrogen) atoms. The zero-order valence-corrected chi connectivity index (χ0v) is 11.9. The van der Waals surface area contributed by atoms with Crippen LogP contribution in [-0.4, -0.2) is 27.1 Å². The fraction of sp³-hybridized carbons (Fsp3) is 0.462. The number of hydrogen-bond donors (Lipinski definition) is 1. The molecule has 104 valence electrons. The van der Waals surface area contributed by atoms with E-state index in [4.69, 9.17) is 0 Å². The van der Waals surface area contributed by atoms with E-state index in [1.54, 1.807) is 19.1 Å². The molecule has 1 atom stereocenters. The Morgan fingerprint density at radius 3 is 2.74 bits per heavy atom. The molecule has 1 unspecified atom stereocenters. The van der Waals surface area contributed by atoms with Crippen molar-refractivity contribution in [1.29, 1.82) is 0 Å². The number of anilines is 1. The maximum atomic E-state index is 11.8. The molecule has 0 spiro atoms. The lowest BCUT2D eigenvalue weighted by atomic mass is 9.98. The number of fused-ring (bicyclic) bond motifs is 1. The largest absolute Gasteiger partial charge is 0.349 e. The zero-order chi connectivity index (χ0) is 14.0. The standard InChI is InChI=1S/C13H18N2O3S/c1-3-13(16)14-11-8-9-15(19(2,17)18)12-7-5-4-6-10(11)12/h4-7,11H,3,8-9H2,1-2H3,(H,14,16). The summed E-state index contributed by atoms with van der Waals surface area (Å²) < 4.78 is 24.9. The Kier molecular flexibility index (Phi) is 3.80. The summed E-state index contributed by atoms with van der Waals surface area (Å²) in [5.74, 6) is -0.0207. The van der Waals surface area contributed by atoms with Crippen molar-refractivity contribution in [3.63, 3.8) is 0 Å². The Bertz CT molecular complexity index is 583. The minimum Gasteiger partial charge on any atom is -0.349 e. The Labute approximate surface area is 113 Å². The Morgan fingerprint density at radius 1 is 1.42 bits per heavy atom. The molecule has 0 aromatic heterocycles. The molecule has 1 N–H and O–H groups in total. The average molecular weight is 282 g/mol. The summed E-state index contributed by atoms with van der Waals surface area (Å²) in [6, 6.07) is 7.20. The highest BCUT2D eigenvalue weighted by Gasteiger charge is 2.29. The van der Waals surface area contributed by atoms with E-state index >= 15 is 0 Å². The number of benzene rings is 1. The van der Waals surface area contributed by atoms with Crippen LogP contribution in [-0.2, 0) is 14.8 Å². The molecule has 0 radical (unpaired) electrons. The van der Waals surface area contributed by atoms with Crippen molar-refractivity contribution in [2.24, 2.45) is 0 Å². The van der Waals surface area contributed by atoms with Crippen LogP contribution in [0.3, 0.4) is 0 Å². The number of carbonyl (C=O) groups is 1. The SMILES string of the molecule is CCC(=O)NC1CCN(S(C)(=O)=O)c2ccccc21. The van der Waals surface area contributed by atoms with Gasteiger partial charge in [0, 0.05) is 13.0 Å². The van der Waals surface area contributed by atoms with Gasteiger partial charge in [-0.15, -0.1) is 0 Å². The third-order valence-electron chi connectivity index (χ3n) is 3.26. The molecule has 1 aliphatic rings. The monoisotopic (exact) mass is 282 g/mol. The first-order valence-corrected chi connectivity index (χ1v) is 8.14. The molecule has 2 rings (SSSR count). The van der Waals surface area contributed by atoms with Gasteiger partial charge in [-0.2, -0.15) is 0 Å². The molecule has 1 aliphatic heterocycles. The summed E-state index contributed by atoms with van der Waals surface area (Å²) in [5.41, 5.74) is 1.53. The van der Waals surface area contributed by atoms with Gasteiger partial charge in [0.05, 0.1) is 18.0 Å². The number of amides is 1. The van der Waals surface area contributed by atoms with E-state index in [-0.39, 0.29) is 11.9 Å². The maximum absolute atomic E-state index is 11.8. The highest BCUT2D eigenvalue weighted by Crippen LogP contribution is 2.34. The van der Waals surface area contributed by atoms with Gasteiger partial charge in [-0.05, 0) is 18.1 Å². The molecule has 5 nitrogen and oxygen atoms in total. The topological polar surface area (TPSA) is 66.5 Å². The lowest BCUT2D eigenvalue weighted by Gasteiger charge is -2.34. The molecule has 1 aromatic carbocycles. The van der Waals surface area contributed by atoms with Gasteiger partial charge in [0.25, 0.3) is 0 Å². The molecule has 1 amide bonds. The molecule has 0 saturated heterocycles. The first-order chi connectivity index (χ1) is 8.93. The molecule has 1 aromatic rings. The summed E-state index contributed by atoms with van der Waals surface area (Å²) in [6.07, 6.45) is 2.22. The van der Waals surface area contributed by atoms with Gasteiger partial charge in [-0.1, -0.05) is 25.1 Å². The van der Waals surface area contributed by atoms with Crippen molar-refractivity contribution in [3.8, 4) is 0 Å². The van der Waals surface area contributed by atoms with Gasteiger partial charge in [0.2, 0.25) is 15.9 Å². The van der Waals surface area contributed by atoms with E-state index in [0.29, 0.717) is 25.1 Å². The Hall–Kier alpha value is -1.56. The van der Waals surface area contributed by atoms with Gasteiger partial charge in [0.15, 0.2) is 0 Å². The van der Waals surface area contributed by atoms with Crippen molar-refractivity contribution in [2.45, 2.75) is 25.8 Å². The normalized spacial score (nSPS) is 18.8. The highest BCUT2D eigenvalue weighted by atomic mass is 32.2. The van der Waals surface area contributed by atoms with E-state index in [2.05, 4.69) is 5.32 Å². The van der Waals surface area contributed by atoms with Gasteiger partial charge in [0.1, 0.15) is 0 Å². The minimum absolute atomic E-state index is 0.0207. The second kappa shape index (κ2) is 5.21. The lowest BCUT2D eigenvalue weighted by Crippen LogP contribution is -2.40. The summed E-state index contributed by atoms with van der Waals surface area (Å²) in [7, 11) is -3.28.